The molecule has 1 aromatic carbocycles. The first kappa shape index (κ1) is 14.7. The quantitative estimate of drug-likeness (QED) is 0.429. The molecule has 0 unspecified atom stereocenters. The number of aromatic amines is 1. The van der Waals surface area contributed by atoms with Crippen LogP contribution in [0.2, 0.25) is 0 Å². The van der Waals surface area contributed by atoms with Crippen molar-refractivity contribution in [1.29, 1.82) is 0 Å². The van der Waals surface area contributed by atoms with Gasteiger partial charge >= 0.3 is 0 Å². The number of hydrogen-bond acceptors (Lipinski definition) is 6. The van der Waals surface area contributed by atoms with Crippen LogP contribution in [0.15, 0.2) is 58.4 Å². The number of furan rings is 1. The Kier molecular flexibility index (Phi) is 3.87. The summed E-state index contributed by atoms with van der Waals surface area (Å²) in [6.45, 7) is 0.434. The minimum atomic E-state index is 0.0324. The molecule has 0 bridgehead atoms. The number of fused-ring (bicyclic) bond motifs is 1. The molecule has 120 valence electrons. The molecule has 0 saturated carbocycles. The average molecular weight is 339 g/mol. The van der Waals surface area contributed by atoms with Crippen LogP contribution in [0.1, 0.15) is 16.1 Å². The fourth-order valence-corrected chi connectivity index (χ4v) is 3.22. The molecular weight excluding hydrogens is 326 g/mol. The predicted molar refractivity (Wildman–Crippen MR) is 89.0 cm³/mol. The molecule has 24 heavy (non-hydrogen) atoms. The van der Waals surface area contributed by atoms with Gasteiger partial charge in [0, 0.05) is 22.7 Å². The second-order valence-corrected chi connectivity index (χ2v) is 6.10. The molecule has 0 amide bonds. The Balaban J connectivity index is 1.47. The third-order valence-electron chi connectivity index (χ3n) is 3.61. The highest BCUT2D eigenvalue weighted by Gasteiger charge is 2.15. The molecule has 0 aliphatic carbocycles. The van der Waals surface area contributed by atoms with E-state index in [0.717, 1.165) is 16.7 Å². The summed E-state index contributed by atoms with van der Waals surface area (Å²) in [5.41, 5.74) is 1.64. The molecule has 0 spiro atoms. The zero-order valence-electron chi connectivity index (χ0n) is 12.5. The Bertz CT molecular complexity index is 973. The topological polar surface area (TPSA) is 89.6 Å². The molecule has 3 aromatic heterocycles. The molecule has 0 radical (unpaired) electrons. The first-order chi connectivity index (χ1) is 11.8. The van der Waals surface area contributed by atoms with Crippen LogP contribution < -0.4 is 0 Å². The summed E-state index contributed by atoms with van der Waals surface area (Å²) in [6, 6.07) is 11.4. The molecule has 0 fully saturated rings. The van der Waals surface area contributed by atoms with E-state index in [9.17, 15) is 4.79 Å². The van der Waals surface area contributed by atoms with Crippen molar-refractivity contribution in [2.75, 3.05) is 5.75 Å². The minimum Gasteiger partial charge on any atom is -0.467 e. The normalized spacial score (nSPS) is 11.2. The number of carbonyl (C=O) groups is 1. The number of para-hydroxylation sites is 1. The first-order valence-corrected chi connectivity index (χ1v) is 8.30. The number of nitrogens with one attached hydrogen (secondary N) is 1. The fraction of sp³-hybridized carbons (Fsp3) is 0.125. The minimum absolute atomic E-state index is 0.0324. The van der Waals surface area contributed by atoms with Gasteiger partial charge in [-0.05, 0) is 28.6 Å². The van der Waals surface area contributed by atoms with E-state index in [4.69, 9.17) is 4.42 Å². The lowest BCUT2D eigenvalue weighted by atomic mass is 10.1. The van der Waals surface area contributed by atoms with Crippen molar-refractivity contribution in [1.82, 2.24) is 25.2 Å². The Morgan fingerprint density at radius 2 is 2.17 bits per heavy atom. The van der Waals surface area contributed by atoms with E-state index >= 15 is 0 Å². The maximum absolute atomic E-state index is 12.5. The molecule has 1 N–H and O–H groups in total. The summed E-state index contributed by atoms with van der Waals surface area (Å²) in [4.78, 5) is 15.6. The molecule has 4 aromatic rings. The van der Waals surface area contributed by atoms with Gasteiger partial charge in [-0.3, -0.25) is 4.79 Å². The maximum Gasteiger partial charge on any atom is 0.210 e. The summed E-state index contributed by atoms with van der Waals surface area (Å²) in [5.74, 6) is 1.05. The van der Waals surface area contributed by atoms with E-state index in [-0.39, 0.29) is 11.5 Å². The summed E-state index contributed by atoms with van der Waals surface area (Å²) in [7, 11) is 0. The third kappa shape index (κ3) is 2.83. The molecule has 0 aliphatic rings. The number of hydrogen-bond donors (Lipinski definition) is 1. The zero-order valence-corrected chi connectivity index (χ0v) is 13.4. The fourth-order valence-electron chi connectivity index (χ4n) is 2.46. The maximum atomic E-state index is 12.5. The third-order valence-corrected chi connectivity index (χ3v) is 4.56. The standard InChI is InChI=1S/C16H13N5O2S/c22-15(13-8-17-14-6-2-1-5-12(13)14)10-24-16-18-19-20-21(16)9-11-4-3-7-23-11/h1-8,17H,9-10H2. The number of carbonyl (C=O) groups excluding carboxylic acids is 1. The summed E-state index contributed by atoms with van der Waals surface area (Å²) >= 11 is 1.31. The molecule has 8 heteroatoms. The van der Waals surface area contributed by atoms with Gasteiger partial charge in [0.25, 0.3) is 0 Å². The van der Waals surface area contributed by atoms with Crippen LogP contribution in [0.4, 0.5) is 0 Å². The Labute approximate surface area is 141 Å². The molecule has 0 atom stereocenters. The van der Waals surface area contributed by atoms with E-state index in [1.807, 2.05) is 36.4 Å². The number of ketones is 1. The van der Waals surface area contributed by atoms with Crippen molar-refractivity contribution < 1.29 is 9.21 Å². The number of Topliss-reactive ketones (excluding diaryl/α,β-unsaturated/α-hetero) is 1. The van der Waals surface area contributed by atoms with Gasteiger partial charge in [0.2, 0.25) is 5.16 Å². The Morgan fingerprint density at radius 3 is 3.04 bits per heavy atom. The van der Waals surface area contributed by atoms with Crippen molar-refractivity contribution in [2.24, 2.45) is 0 Å². The largest absolute Gasteiger partial charge is 0.467 e. The number of H-pyrrole nitrogens is 1. The SMILES string of the molecule is O=C(CSc1nnnn1Cc1ccco1)c1c[nH]c2ccccc12. The van der Waals surface area contributed by atoms with E-state index < -0.39 is 0 Å². The van der Waals surface area contributed by atoms with Gasteiger partial charge in [0.05, 0.1) is 12.0 Å². The van der Waals surface area contributed by atoms with Crippen molar-refractivity contribution >= 4 is 28.4 Å². The van der Waals surface area contributed by atoms with E-state index in [1.54, 1.807) is 17.1 Å². The van der Waals surface area contributed by atoms with Crippen molar-refractivity contribution in [3.05, 3.63) is 60.2 Å². The molecule has 4 rings (SSSR count). The van der Waals surface area contributed by atoms with Crippen molar-refractivity contribution in [3.63, 3.8) is 0 Å². The van der Waals surface area contributed by atoms with Crippen LogP contribution in [-0.2, 0) is 6.54 Å². The average Bonchev–Trinajstić information content (AvgIpc) is 3.34. The lowest BCUT2D eigenvalue weighted by molar-refractivity contribution is 0.102. The summed E-state index contributed by atoms with van der Waals surface area (Å²) < 4.78 is 6.91. The second kappa shape index (κ2) is 6.32. The summed E-state index contributed by atoms with van der Waals surface area (Å²) in [5, 5.41) is 13.1. The number of aromatic nitrogens is 5. The highest BCUT2D eigenvalue weighted by atomic mass is 32.2. The smallest absolute Gasteiger partial charge is 0.210 e. The number of thioether (sulfide) groups is 1. The van der Waals surface area contributed by atoms with Gasteiger partial charge in [-0.15, -0.1) is 5.10 Å². The van der Waals surface area contributed by atoms with Gasteiger partial charge in [0.1, 0.15) is 12.3 Å². The van der Waals surface area contributed by atoms with Crippen molar-refractivity contribution in [3.8, 4) is 0 Å². The highest BCUT2D eigenvalue weighted by Crippen LogP contribution is 2.22. The second-order valence-electron chi connectivity index (χ2n) is 5.16. The van der Waals surface area contributed by atoms with Gasteiger partial charge < -0.3 is 9.40 Å². The number of rotatable bonds is 6. The van der Waals surface area contributed by atoms with E-state index in [1.165, 1.54) is 11.8 Å². The number of nitrogens with zero attached hydrogens (tertiary/aromatic N) is 4. The monoisotopic (exact) mass is 339 g/mol. The van der Waals surface area contributed by atoms with Crippen LogP contribution in [0.5, 0.6) is 0 Å². The molecule has 3 heterocycles. The molecule has 0 saturated heterocycles. The predicted octanol–water partition coefficient (Wildman–Crippen LogP) is 2.77. The first-order valence-electron chi connectivity index (χ1n) is 7.32. The highest BCUT2D eigenvalue weighted by molar-refractivity contribution is 7.99. The molecule has 7 nitrogen and oxygen atoms in total. The number of benzene rings is 1. The van der Waals surface area contributed by atoms with Crippen LogP contribution in [-0.4, -0.2) is 36.7 Å². The van der Waals surface area contributed by atoms with Crippen LogP contribution in [0.25, 0.3) is 10.9 Å². The van der Waals surface area contributed by atoms with E-state index in [0.29, 0.717) is 17.3 Å². The van der Waals surface area contributed by atoms with Gasteiger partial charge in [0.15, 0.2) is 5.78 Å². The van der Waals surface area contributed by atoms with Gasteiger partial charge in [-0.25, -0.2) is 4.68 Å². The van der Waals surface area contributed by atoms with Crippen molar-refractivity contribution in [2.45, 2.75) is 11.7 Å². The zero-order chi connectivity index (χ0) is 16.4. The van der Waals surface area contributed by atoms with Crippen LogP contribution in [0, 0.1) is 0 Å². The van der Waals surface area contributed by atoms with Crippen LogP contribution in [0.3, 0.4) is 0 Å². The number of tetrazole rings is 1. The Hall–Kier alpha value is -2.87. The van der Waals surface area contributed by atoms with E-state index in [2.05, 4.69) is 20.5 Å². The molecular formula is C16H13N5O2S. The van der Waals surface area contributed by atoms with Crippen LogP contribution >= 0.6 is 11.8 Å². The lowest BCUT2D eigenvalue weighted by Gasteiger charge is -2.02. The van der Waals surface area contributed by atoms with Gasteiger partial charge in [-0.2, -0.15) is 0 Å². The molecule has 0 aliphatic heterocycles. The van der Waals surface area contributed by atoms with Gasteiger partial charge in [-0.1, -0.05) is 30.0 Å². The Morgan fingerprint density at radius 1 is 1.25 bits per heavy atom. The lowest BCUT2D eigenvalue weighted by Crippen LogP contribution is -2.06. The summed E-state index contributed by atoms with van der Waals surface area (Å²) in [6.07, 6.45) is 3.35.